The van der Waals surface area contributed by atoms with Crippen LogP contribution in [-0.2, 0) is 6.54 Å². The molecule has 0 radical (unpaired) electrons. The quantitative estimate of drug-likeness (QED) is 0.904. The molecule has 0 aromatic heterocycles. The summed E-state index contributed by atoms with van der Waals surface area (Å²) in [6.45, 7) is 0.477. The van der Waals surface area contributed by atoms with Crippen LogP contribution in [0.2, 0.25) is 0 Å². The minimum absolute atomic E-state index is 0.331. The van der Waals surface area contributed by atoms with Crippen molar-refractivity contribution in [2.45, 2.75) is 6.54 Å². The van der Waals surface area contributed by atoms with Gasteiger partial charge in [0.05, 0.1) is 5.56 Å². The van der Waals surface area contributed by atoms with Crippen molar-refractivity contribution in [2.24, 2.45) is 0 Å². The Hall–Kier alpha value is -1.81. The Morgan fingerprint density at radius 1 is 1.11 bits per heavy atom. The Kier molecular flexibility index (Phi) is 3.99. The Labute approximate surface area is 114 Å². The standard InChI is InChI=1S/C14H12BrNO2/c15-12-7-3-4-8-13(12)16-9-10-5-1-2-6-11(10)14(17)18/h1-8,16H,9H2,(H,17,18). The van der Waals surface area contributed by atoms with Crippen LogP contribution in [0.4, 0.5) is 5.69 Å². The second-order valence-corrected chi connectivity index (χ2v) is 4.65. The SMILES string of the molecule is O=C(O)c1ccccc1CNc1ccccc1Br. The third-order valence-corrected chi connectivity index (χ3v) is 3.28. The van der Waals surface area contributed by atoms with Crippen molar-refractivity contribution < 1.29 is 9.90 Å². The highest BCUT2D eigenvalue weighted by Gasteiger charge is 2.08. The van der Waals surface area contributed by atoms with E-state index in [9.17, 15) is 4.79 Å². The number of rotatable bonds is 4. The first-order valence-corrected chi connectivity index (χ1v) is 6.27. The zero-order valence-corrected chi connectivity index (χ0v) is 11.1. The first-order valence-electron chi connectivity index (χ1n) is 5.48. The Morgan fingerprint density at radius 2 is 1.78 bits per heavy atom. The van der Waals surface area contributed by atoms with E-state index in [0.29, 0.717) is 12.1 Å². The van der Waals surface area contributed by atoms with E-state index in [4.69, 9.17) is 5.11 Å². The topological polar surface area (TPSA) is 49.3 Å². The largest absolute Gasteiger partial charge is 0.478 e. The number of hydrogen-bond donors (Lipinski definition) is 2. The molecule has 92 valence electrons. The van der Waals surface area contributed by atoms with Crippen molar-refractivity contribution >= 4 is 27.6 Å². The number of halogens is 1. The molecule has 0 unspecified atom stereocenters. The van der Waals surface area contributed by atoms with Crippen molar-refractivity contribution in [3.8, 4) is 0 Å². The van der Waals surface area contributed by atoms with Crippen LogP contribution in [0.25, 0.3) is 0 Å². The fourth-order valence-corrected chi connectivity index (χ4v) is 2.10. The summed E-state index contributed by atoms with van der Waals surface area (Å²) in [5.74, 6) is -0.903. The van der Waals surface area contributed by atoms with Gasteiger partial charge in [0, 0.05) is 16.7 Å². The molecule has 0 aliphatic heterocycles. The number of para-hydroxylation sites is 1. The number of carboxylic acid groups (broad SMARTS) is 1. The average Bonchev–Trinajstić information content (AvgIpc) is 2.38. The fourth-order valence-electron chi connectivity index (χ4n) is 1.68. The normalized spacial score (nSPS) is 10.1. The van der Waals surface area contributed by atoms with Gasteiger partial charge in [-0.25, -0.2) is 4.79 Å². The van der Waals surface area contributed by atoms with Gasteiger partial charge in [0.15, 0.2) is 0 Å². The summed E-state index contributed by atoms with van der Waals surface area (Å²) in [4.78, 5) is 11.1. The number of aromatic carboxylic acids is 1. The molecule has 0 amide bonds. The molecular weight excluding hydrogens is 294 g/mol. The van der Waals surface area contributed by atoms with Crippen molar-refractivity contribution in [1.29, 1.82) is 0 Å². The van der Waals surface area contributed by atoms with Crippen LogP contribution in [0.1, 0.15) is 15.9 Å². The van der Waals surface area contributed by atoms with Gasteiger partial charge >= 0.3 is 5.97 Å². The number of nitrogens with one attached hydrogen (secondary N) is 1. The van der Waals surface area contributed by atoms with E-state index in [0.717, 1.165) is 15.7 Å². The predicted octanol–water partition coefficient (Wildman–Crippen LogP) is 3.76. The van der Waals surface area contributed by atoms with Gasteiger partial charge in [0.25, 0.3) is 0 Å². The van der Waals surface area contributed by atoms with Crippen LogP contribution in [0, 0.1) is 0 Å². The molecule has 0 spiro atoms. The summed E-state index contributed by atoms with van der Waals surface area (Å²) in [5, 5.41) is 12.3. The van der Waals surface area contributed by atoms with E-state index in [1.165, 1.54) is 0 Å². The Morgan fingerprint density at radius 3 is 2.50 bits per heavy atom. The minimum Gasteiger partial charge on any atom is -0.478 e. The Balaban J connectivity index is 2.16. The molecule has 18 heavy (non-hydrogen) atoms. The van der Waals surface area contributed by atoms with Crippen molar-refractivity contribution in [1.82, 2.24) is 0 Å². The monoisotopic (exact) mass is 305 g/mol. The van der Waals surface area contributed by atoms with Crippen LogP contribution in [0.3, 0.4) is 0 Å². The summed E-state index contributed by atoms with van der Waals surface area (Å²) >= 11 is 3.44. The van der Waals surface area contributed by atoms with E-state index >= 15 is 0 Å². The van der Waals surface area contributed by atoms with Gasteiger partial charge in [-0.2, -0.15) is 0 Å². The second kappa shape index (κ2) is 5.69. The van der Waals surface area contributed by atoms with Gasteiger partial charge < -0.3 is 10.4 Å². The second-order valence-electron chi connectivity index (χ2n) is 3.80. The molecule has 2 N–H and O–H groups in total. The van der Waals surface area contributed by atoms with Gasteiger partial charge in [0.1, 0.15) is 0 Å². The van der Waals surface area contributed by atoms with Crippen LogP contribution in [-0.4, -0.2) is 11.1 Å². The number of carboxylic acids is 1. The molecule has 0 heterocycles. The highest BCUT2D eigenvalue weighted by Crippen LogP contribution is 2.22. The third-order valence-electron chi connectivity index (χ3n) is 2.59. The lowest BCUT2D eigenvalue weighted by Crippen LogP contribution is -2.07. The molecule has 0 atom stereocenters. The molecule has 0 aliphatic rings. The third kappa shape index (κ3) is 2.90. The zero-order chi connectivity index (χ0) is 13.0. The predicted molar refractivity (Wildman–Crippen MR) is 74.9 cm³/mol. The molecule has 0 bridgehead atoms. The first kappa shape index (κ1) is 12.6. The number of carbonyl (C=O) groups is 1. The molecule has 2 rings (SSSR count). The summed E-state index contributed by atoms with van der Waals surface area (Å²) in [5.41, 5.74) is 2.04. The van der Waals surface area contributed by atoms with Crippen LogP contribution in [0.15, 0.2) is 53.0 Å². The molecule has 3 nitrogen and oxygen atoms in total. The number of hydrogen-bond acceptors (Lipinski definition) is 2. The van der Waals surface area contributed by atoms with E-state index in [2.05, 4.69) is 21.2 Å². The van der Waals surface area contributed by atoms with E-state index in [1.54, 1.807) is 12.1 Å². The van der Waals surface area contributed by atoms with Gasteiger partial charge in [0.2, 0.25) is 0 Å². The van der Waals surface area contributed by atoms with E-state index in [1.807, 2.05) is 36.4 Å². The van der Waals surface area contributed by atoms with E-state index in [-0.39, 0.29) is 0 Å². The van der Waals surface area contributed by atoms with Crippen molar-refractivity contribution in [2.75, 3.05) is 5.32 Å². The van der Waals surface area contributed by atoms with Crippen LogP contribution < -0.4 is 5.32 Å². The van der Waals surface area contributed by atoms with Crippen LogP contribution >= 0.6 is 15.9 Å². The molecule has 2 aromatic rings. The fraction of sp³-hybridized carbons (Fsp3) is 0.0714. The maximum Gasteiger partial charge on any atom is 0.336 e. The smallest absolute Gasteiger partial charge is 0.336 e. The van der Waals surface area contributed by atoms with Gasteiger partial charge in [-0.05, 0) is 39.7 Å². The summed E-state index contributed by atoms with van der Waals surface area (Å²) in [7, 11) is 0. The summed E-state index contributed by atoms with van der Waals surface area (Å²) in [6, 6.07) is 14.7. The number of benzene rings is 2. The lowest BCUT2D eigenvalue weighted by atomic mass is 10.1. The average molecular weight is 306 g/mol. The molecule has 0 aliphatic carbocycles. The summed E-state index contributed by atoms with van der Waals surface area (Å²) in [6.07, 6.45) is 0. The molecular formula is C14H12BrNO2. The van der Waals surface area contributed by atoms with Gasteiger partial charge in [-0.15, -0.1) is 0 Å². The maximum atomic E-state index is 11.1. The molecule has 4 heteroatoms. The number of anilines is 1. The van der Waals surface area contributed by atoms with Crippen molar-refractivity contribution in [3.63, 3.8) is 0 Å². The molecule has 2 aromatic carbocycles. The minimum atomic E-state index is -0.903. The lowest BCUT2D eigenvalue weighted by Gasteiger charge is -2.10. The maximum absolute atomic E-state index is 11.1. The van der Waals surface area contributed by atoms with Crippen molar-refractivity contribution in [3.05, 3.63) is 64.1 Å². The molecule has 0 fully saturated rings. The Bertz CT molecular complexity index is 569. The van der Waals surface area contributed by atoms with Crippen LogP contribution in [0.5, 0.6) is 0 Å². The lowest BCUT2D eigenvalue weighted by molar-refractivity contribution is 0.0696. The van der Waals surface area contributed by atoms with Gasteiger partial charge in [-0.1, -0.05) is 30.3 Å². The molecule has 0 saturated heterocycles. The van der Waals surface area contributed by atoms with Gasteiger partial charge in [-0.3, -0.25) is 0 Å². The van der Waals surface area contributed by atoms with E-state index < -0.39 is 5.97 Å². The highest BCUT2D eigenvalue weighted by molar-refractivity contribution is 9.10. The highest BCUT2D eigenvalue weighted by atomic mass is 79.9. The first-order chi connectivity index (χ1) is 8.68. The summed E-state index contributed by atoms with van der Waals surface area (Å²) < 4.78 is 0.956. The molecule has 0 saturated carbocycles. The zero-order valence-electron chi connectivity index (χ0n) is 9.56.